The lowest BCUT2D eigenvalue weighted by molar-refractivity contribution is 0.250. The second kappa shape index (κ2) is 6.97. The van der Waals surface area contributed by atoms with Gasteiger partial charge in [0.15, 0.2) is 6.10 Å². The van der Waals surface area contributed by atoms with Crippen LogP contribution in [0.15, 0.2) is 18.2 Å². The molecule has 1 aromatic carbocycles. The Kier molecular flexibility index (Phi) is 5.60. The fraction of sp³-hybridized carbons (Fsp3) is 0.500. The molecule has 0 aliphatic rings. The molecule has 98 valence electrons. The molecule has 1 N–H and O–H groups in total. The minimum absolute atomic E-state index is 0.333. The van der Waals surface area contributed by atoms with E-state index in [-0.39, 0.29) is 5.82 Å². The van der Waals surface area contributed by atoms with Gasteiger partial charge in [-0.25, -0.2) is 4.39 Å². The van der Waals surface area contributed by atoms with Crippen LogP contribution in [0.3, 0.4) is 0 Å². The number of nitriles is 1. The summed E-state index contributed by atoms with van der Waals surface area (Å²) >= 11 is 0. The van der Waals surface area contributed by atoms with Gasteiger partial charge in [0.1, 0.15) is 17.6 Å². The van der Waals surface area contributed by atoms with Gasteiger partial charge < -0.3 is 10.1 Å². The van der Waals surface area contributed by atoms with Crippen LogP contribution in [0.4, 0.5) is 4.39 Å². The topological polar surface area (TPSA) is 45.0 Å². The van der Waals surface area contributed by atoms with Gasteiger partial charge in [0.2, 0.25) is 0 Å². The molecule has 0 radical (unpaired) electrons. The first-order valence-electron chi connectivity index (χ1n) is 6.14. The Morgan fingerprint density at radius 1 is 1.39 bits per heavy atom. The molecule has 0 aliphatic carbocycles. The number of ether oxygens (including phenoxy) is 1. The maximum Gasteiger partial charge on any atom is 0.184 e. The smallest absolute Gasteiger partial charge is 0.184 e. The van der Waals surface area contributed by atoms with Crippen LogP contribution in [-0.2, 0) is 6.54 Å². The Morgan fingerprint density at radius 3 is 2.67 bits per heavy atom. The molecule has 18 heavy (non-hydrogen) atoms. The predicted molar refractivity (Wildman–Crippen MR) is 68.7 cm³/mol. The summed E-state index contributed by atoms with van der Waals surface area (Å²) in [5, 5.41) is 12.0. The van der Waals surface area contributed by atoms with Crippen LogP contribution < -0.4 is 10.1 Å². The van der Waals surface area contributed by atoms with Crippen molar-refractivity contribution < 1.29 is 9.13 Å². The second-order valence-electron chi connectivity index (χ2n) is 4.47. The Bertz CT molecular complexity index is 426. The second-order valence-corrected chi connectivity index (χ2v) is 4.47. The number of rotatable bonds is 6. The summed E-state index contributed by atoms with van der Waals surface area (Å²) in [6.07, 6.45) is 0.0461. The lowest BCUT2D eigenvalue weighted by Crippen LogP contribution is -2.22. The van der Waals surface area contributed by atoms with Crippen molar-refractivity contribution in [2.24, 2.45) is 0 Å². The lowest BCUT2D eigenvalue weighted by Gasteiger charge is -2.13. The van der Waals surface area contributed by atoms with Crippen LogP contribution in [0.5, 0.6) is 5.75 Å². The first kappa shape index (κ1) is 14.5. The van der Waals surface area contributed by atoms with E-state index in [1.54, 1.807) is 6.07 Å². The highest BCUT2D eigenvalue weighted by Crippen LogP contribution is 2.18. The number of hydrogen-bond acceptors (Lipinski definition) is 3. The Balaban J connectivity index is 2.77. The standard InChI is InChI=1S/C14H19FN2O/c1-4-13(8-16)18-14-6-11(5-12(15)7-14)9-17-10(2)3/h5-7,10,13,17H,4,9H2,1-3H3. The zero-order valence-electron chi connectivity index (χ0n) is 11.0. The molecule has 3 nitrogen and oxygen atoms in total. The Labute approximate surface area is 108 Å². The van der Waals surface area contributed by atoms with Crippen LogP contribution in [-0.4, -0.2) is 12.1 Å². The van der Waals surface area contributed by atoms with Crippen molar-refractivity contribution >= 4 is 0 Å². The molecule has 0 aliphatic heterocycles. The third-order valence-electron chi connectivity index (χ3n) is 2.44. The molecule has 0 bridgehead atoms. The van der Waals surface area contributed by atoms with Gasteiger partial charge in [0.05, 0.1) is 0 Å². The third-order valence-corrected chi connectivity index (χ3v) is 2.44. The van der Waals surface area contributed by atoms with E-state index in [0.717, 1.165) is 5.56 Å². The molecule has 0 spiro atoms. The van der Waals surface area contributed by atoms with E-state index in [4.69, 9.17) is 10.00 Å². The summed E-state index contributed by atoms with van der Waals surface area (Å²) in [5.41, 5.74) is 0.812. The van der Waals surface area contributed by atoms with Crippen molar-refractivity contribution in [2.75, 3.05) is 0 Å². The van der Waals surface area contributed by atoms with Crippen LogP contribution in [0.25, 0.3) is 0 Å². The highest BCUT2D eigenvalue weighted by Gasteiger charge is 2.08. The number of nitrogens with one attached hydrogen (secondary N) is 1. The molecule has 1 atom stereocenters. The summed E-state index contributed by atoms with van der Waals surface area (Å²) in [4.78, 5) is 0. The van der Waals surface area contributed by atoms with Crippen molar-refractivity contribution in [3.8, 4) is 11.8 Å². The molecule has 0 aromatic heterocycles. The summed E-state index contributed by atoms with van der Waals surface area (Å²) in [6.45, 7) is 6.49. The van der Waals surface area contributed by atoms with E-state index in [1.165, 1.54) is 12.1 Å². The minimum atomic E-state index is -0.530. The van der Waals surface area contributed by atoms with Gasteiger partial charge in [-0.1, -0.05) is 20.8 Å². The highest BCUT2D eigenvalue weighted by molar-refractivity contribution is 5.30. The molecular weight excluding hydrogens is 231 g/mol. The van der Waals surface area contributed by atoms with Gasteiger partial charge in [-0.2, -0.15) is 5.26 Å². The van der Waals surface area contributed by atoms with Crippen molar-refractivity contribution in [1.82, 2.24) is 5.32 Å². The van der Waals surface area contributed by atoms with Crippen molar-refractivity contribution in [3.05, 3.63) is 29.6 Å². The number of benzene rings is 1. The van der Waals surface area contributed by atoms with Gasteiger partial charge in [0.25, 0.3) is 0 Å². The van der Waals surface area contributed by atoms with Gasteiger partial charge in [-0.3, -0.25) is 0 Å². The number of hydrogen-bond donors (Lipinski definition) is 1. The molecule has 0 saturated heterocycles. The van der Waals surface area contributed by atoms with Crippen molar-refractivity contribution in [2.45, 2.75) is 45.9 Å². The van der Waals surface area contributed by atoms with E-state index in [9.17, 15) is 4.39 Å². The quantitative estimate of drug-likeness (QED) is 0.844. The van der Waals surface area contributed by atoms with Crippen molar-refractivity contribution in [1.29, 1.82) is 5.26 Å². The molecule has 4 heteroatoms. The SMILES string of the molecule is CCC(C#N)Oc1cc(F)cc(CNC(C)C)c1. The highest BCUT2D eigenvalue weighted by atomic mass is 19.1. The van der Waals surface area contributed by atoms with Crippen LogP contribution in [0.2, 0.25) is 0 Å². The third kappa shape index (κ3) is 4.72. The first-order valence-corrected chi connectivity index (χ1v) is 6.14. The average molecular weight is 250 g/mol. The minimum Gasteiger partial charge on any atom is -0.475 e. The molecule has 0 saturated carbocycles. The van der Waals surface area contributed by atoms with Crippen LogP contribution in [0, 0.1) is 17.1 Å². The van der Waals surface area contributed by atoms with Crippen LogP contribution >= 0.6 is 0 Å². The maximum absolute atomic E-state index is 13.4. The molecular formula is C14H19FN2O. The van der Waals surface area contributed by atoms with Crippen LogP contribution in [0.1, 0.15) is 32.8 Å². The summed E-state index contributed by atoms with van der Waals surface area (Å²) in [6, 6.07) is 6.90. The molecule has 1 rings (SSSR count). The number of halogens is 1. The molecule has 0 amide bonds. The lowest BCUT2D eigenvalue weighted by atomic mass is 10.2. The largest absolute Gasteiger partial charge is 0.475 e. The van der Waals surface area contributed by atoms with Gasteiger partial charge in [0, 0.05) is 18.7 Å². The first-order chi connectivity index (χ1) is 8.55. The normalized spacial score (nSPS) is 12.2. The van der Waals surface area contributed by atoms with Crippen molar-refractivity contribution in [3.63, 3.8) is 0 Å². The van der Waals surface area contributed by atoms with E-state index in [2.05, 4.69) is 5.32 Å². The molecule has 1 aromatic rings. The van der Waals surface area contributed by atoms with E-state index in [1.807, 2.05) is 26.8 Å². The number of nitrogens with zero attached hydrogens (tertiary/aromatic N) is 1. The summed E-state index contributed by atoms with van der Waals surface area (Å²) < 4.78 is 18.8. The molecule has 1 unspecified atom stereocenters. The van der Waals surface area contributed by atoms with Gasteiger partial charge in [-0.15, -0.1) is 0 Å². The molecule has 0 fully saturated rings. The maximum atomic E-state index is 13.4. The fourth-order valence-corrected chi connectivity index (χ4v) is 1.48. The fourth-order valence-electron chi connectivity index (χ4n) is 1.48. The Hall–Kier alpha value is -1.60. The zero-order valence-corrected chi connectivity index (χ0v) is 11.0. The summed E-state index contributed by atoms with van der Waals surface area (Å²) in [7, 11) is 0. The average Bonchev–Trinajstić information content (AvgIpc) is 2.33. The summed E-state index contributed by atoms with van der Waals surface area (Å²) in [5.74, 6) is 0.0600. The zero-order chi connectivity index (χ0) is 13.5. The van der Waals surface area contributed by atoms with E-state index < -0.39 is 6.10 Å². The Morgan fingerprint density at radius 2 is 2.11 bits per heavy atom. The monoisotopic (exact) mass is 250 g/mol. The van der Waals surface area contributed by atoms with Gasteiger partial charge >= 0.3 is 0 Å². The van der Waals surface area contributed by atoms with E-state index >= 15 is 0 Å². The molecule has 0 heterocycles. The van der Waals surface area contributed by atoms with Gasteiger partial charge in [-0.05, 0) is 24.1 Å². The van der Waals surface area contributed by atoms with E-state index in [0.29, 0.717) is 24.8 Å². The predicted octanol–water partition coefficient (Wildman–Crippen LogP) is 3.00.